The normalized spacial score (nSPS) is 10.8. The van der Waals surface area contributed by atoms with E-state index in [-0.39, 0.29) is 0 Å². The summed E-state index contributed by atoms with van der Waals surface area (Å²) in [7, 11) is 0. The van der Waals surface area contributed by atoms with Crippen LogP contribution in [-0.4, -0.2) is 24.5 Å². The van der Waals surface area contributed by atoms with Crippen LogP contribution < -0.4 is 0 Å². The first-order valence-electron chi connectivity index (χ1n) is 8.66. The molecule has 0 N–H and O–H groups in total. The number of aromatic nitrogens is 5. The summed E-state index contributed by atoms with van der Waals surface area (Å²) in [4.78, 5) is 0. The Bertz CT molecular complexity index is 1020. The van der Waals surface area contributed by atoms with Gasteiger partial charge in [-0.2, -0.15) is 5.10 Å². The highest BCUT2D eigenvalue weighted by Crippen LogP contribution is 2.29. The topological polar surface area (TPSA) is 48.5 Å². The Morgan fingerprint density at radius 2 is 1.74 bits per heavy atom. The van der Waals surface area contributed by atoms with Crippen LogP contribution in [0.1, 0.15) is 5.56 Å². The lowest BCUT2D eigenvalue weighted by Gasteiger charge is -2.04. The number of nitrogens with zero attached hydrogens (tertiary/aromatic N) is 5. The number of para-hydroxylation sites is 1. The van der Waals surface area contributed by atoms with Crippen molar-refractivity contribution in [2.45, 2.75) is 17.5 Å². The summed E-state index contributed by atoms with van der Waals surface area (Å²) in [6, 6.07) is 20.4. The van der Waals surface area contributed by atoms with Crippen LogP contribution in [-0.2, 0) is 12.3 Å². The SMILES string of the molecule is C=CCn1cnnc1SCc1cn(-c2ccccc2)nc1-c1ccccc1. The Labute approximate surface area is 162 Å². The van der Waals surface area contributed by atoms with Gasteiger partial charge in [0, 0.05) is 29.6 Å². The molecule has 4 aromatic rings. The molecule has 0 aliphatic rings. The van der Waals surface area contributed by atoms with Crippen molar-refractivity contribution >= 4 is 11.8 Å². The minimum absolute atomic E-state index is 0.699. The van der Waals surface area contributed by atoms with Crippen LogP contribution in [0.5, 0.6) is 0 Å². The molecule has 4 rings (SSSR count). The zero-order valence-corrected chi connectivity index (χ0v) is 15.6. The molecule has 0 bridgehead atoms. The van der Waals surface area contributed by atoms with Gasteiger partial charge in [-0.15, -0.1) is 16.8 Å². The second-order valence-electron chi connectivity index (χ2n) is 5.99. The molecule has 2 heterocycles. The summed E-state index contributed by atoms with van der Waals surface area (Å²) in [5.41, 5.74) is 4.29. The van der Waals surface area contributed by atoms with E-state index in [1.807, 2.05) is 51.7 Å². The van der Waals surface area contributed by atoms with E-state index < -0.39 is 0 Å². The monoisotopic (exact) mass is 373 g/mol. The smallest absolute Gasteiger partial charge is 0.191 e. The van der Waals surface area contributed by atoms with Crippen LogP contribution in [0.2, 0.25) is 0 Å². The lowest BCUT2D eigenvalue weighted by molar-refractivity contribution is 0.725. The van der Waals surface area contributed by atoms with Gasteiger partial charge in [0.2, 0.25) is 0 Å². The zero-order valence-electron chi connectivity index (χ0n) is 14.8. The molecule has 0 amide bonds. The molecule has 5 nitrogen and oxygen atoms in total. The molecule has 0 radical (unpaired) electrons. The van der Waals surface area contributed by atoms with E-state index in [0.29, 0.717) is 6.54 Å². The molecule has 0 aliphatic carbocycles. The van der Waals surface area contributed by atoms with Gasteiger partial charge in [-0.3, -0.25) is 0 Å². The molecule has 6 heteroatoms. The fourth-order valence-electron chi connectivity index (χ4n) is 2.83. The highest BCUT2D eigenvalue weighted by molar-refractivity contribution is 7.98. The molecule has 0 spiro atoms. The number of allylic oxidation sites excluding steroid dienone is 1. The van der Waals surface area contributed by atoms with E-state index in [1.165, 1.54) is 0 Å². The molecule has 0 fully saturated rings. The van der Waals surface area contributed by atoms with Gasteiger partial charge < -0.3 is 4.57 Å². The molecular formula is C21H19N5S. The van der Waals surface area contributed by atoms with Crippen LogP contribution in [0.3, 0.4) is 0 Å². The highest BCUT2D eigenvalue weighted by Gasteiger charge is 2.14. The predicted octanol–water partition coefficient (Wildman–Crippen LogP) is 4.61. The van der Waals surface area contributed by atoms with Gasteiger partial charge in [0.1, 0.15) is 6.33 Å². The molecule has 0 aliphatic heterocycles. The van der Waals surface area contributed by atoms with Crippen molar-refractivity contribution in [3.05, 3.63) is 91.4 Å². The third kappa shape index (κ3) is 3.85. The van der Waals surface area contributed by atoms with Gasteiger partial charge in [0.05, 0.1) is 11.4 Å². The molecule has 27 heavy (non-hydrogen) atoms. The lowest BCUT2D eigenvalue weighted by Crippen LogP contribution is -1.96. The third-order valence-corrected chi connectivity index (χ3v) is 5.15. The molecule has 0 atom stereocenters. The van der Waals surface area contributed by atoms with Gasteiger partial charge in [-0.25, -0.2) is 4.68 Å². The van der Waals surface area contributed by atoms with E-state index in [4.69, 9.17) is 5.10 Å². The lowest BCUT2D eigenvalue weighted by atomic mass is 10.1. The summed E-state index contributed by atoms with van der Waals surface area (Å²) >= 11 is 1.65. The molecular weight excluding hydrogens is 354 g/mol. The minimum atomic E-state index is 0.699. The fraction of sp³-hybridized carbons (Fsp3) is 0.0952. The summed E-state index contributed by atoms with van der Waals surface area (Å²) in [5, 5.41) is 14.0. The first kappa shape index (κ1) is 17.3. The standard InChI is InChI=1S/C21H19N5S/c1-2-13-25-16-22-23-21(25)27-15-18-14-26(19-11-7-4-8-12-19)24-20(18)17-9-5-3-6-10-17/h2-12,14,16H,1,13,15H2. The Hall–Kier alpha value is -3.12. The molecule has 0 saturated heterocycles. The van der Waals surface area contributed by atoms with Crippen molar-refractivity contribution in [3.63, 3.8) is 0 Å². The number of hydrogen-bond donors (Lipinski definition) is 0. The third-order valence-electron chi connectivity index (χ3n) is 4.12. The number of hydrogen-bond acceptors (Lipinski definition) is 4. The maximum absolute atomic E-state index is 4.85. The highest BCUT2D eigenvalue weighted by atomic mass is 32.2. The summed E-state index contributed by atoms with van der Waals surface area (Å²) < 4.78 is 3.92. The molecule has 0 unspecified atom stereocenters. The molecule has 2 aromatic carbocycles. The van der Waals surface area contributed by atoms with E-state index in [9.17, 15) is 0 Å². The Morgan fingerprint density at radius 3 is 2.48 bits per heavy atom. The summed E-state index contributed by atoms with van der Waals surface area (Å²) in [6.45, 7) is 4.49. The second-order valence-corrected chi connectivity index (χ2v) is 6.93. The summed E-state index contributed by atoms with van der Waals surface area (Å²) in [6.07, 6.45) is 5.67. The van der Waals surface area contributed by atoms with Gasteiger partial charge in [0.15, 0.2) is 5.16 Å². The van der Waals surface area contributed by atoms with Gasteiger partial charge >= 0.3 is 0 Å². The minimum Gasteiger partial charge on any atom is -0.305 e. The number of benzene rings is 2. The van der Waals surface area contributed by atoms with E-state index in [0.717, 1.165) is 33.4 Å². The van der Waals surface area contributed by atoms with Crippen LogP contribution in [0.4, 0.5) is 0 Å². The molecule has 134 valence electrons. The number of rotatable bonds is 7. The Morgan fingerprint density at radius 1 is 1.00 bits per heavy atom. The van der Waals surface area contributed by atoms with E-state index >= 15 is 0 Å². The van der Waals surface area contributed by atoms with Crippen LogP contribution in [0.25, 0.3) is 16.9 Å². The van der Waals surface area contributed by atoms with Crippen LogP contribution in [0.15, 0.2) is 91.0 Å². The zero-order chi connectivity index (χ0) is 18.5. The van der Waals surface area contributed by atoms with Gasteiger partial charge in [-0.05, 0) is 12.1 Å². The molecule has 0 saturated carbocycles. The Kier molecular flexibility index (Phi) is 5.16. The first-order valence-corrected chi connectivity index (χ1v) is 9.64. The molecule has 2 aromatic heterocycles. The van der Waals surface area contributed by atoms with Crippen molar-refractivity contribution in [2.24, 2.45) is 0 Å². The van der Waals surface area contributed by atoms with E-state index in [2.05, 4.69) is 47.2 Å². The van der Waals surface area contributed by atoms with Crippen molar-refractivity contribution in [1.82, 2.24) is 24.5 Å². The fourth-order valence-corrected chi connectivity index (χ4v) is 3.72. The van der Waals surface area contributed by atoms with Crippen LogP contribution >= 0.6 is 11.8 Å². The average molecular weight is 373 g/mol. The van der Waals surface area contributed by atoms with Crippen molar-refractivity contribution in [3.8, 4) is 16.9 Å². The quantitative estimate of drug-likeness (QED) is 0.351. The first-order chi connectivity index (χ1) is 13.3. The van der Waals surface area contributed by atoms with E-state index in [1.54, 1.807) is 18.1 Å². The van der Waals surface area contributed by atoms with Gasteiger partial charge in [-0.1, -0.05) is 66.4 Å². The predicted molar refractivity (Wildman–Crippen MR) is 109 cm³/mol. The second kappa shape index (κ2) is 8.05. The van der Waals surface area contributed by atoms with Gasteiger partial charge in [0.25, 0.3) is 0 Å². The number of thioether (sulfide) groups is 1. The largest absolute Gasteiger partial charge is 0.305 e. The van der Waals surface area contributed by atoms with Crippen molar-refractivity contribution in [1.29, 1.82) is 0 Å². The maximum atomic E-state index is 4.85. The summed E-state index contributed by atoms with van der Waals surface area (Å²) in [5.74, 6) is 0.757. The maximum Gasteiger partial charge on any atom is 0.191 e. The van der Waals surface area contributed by atoms with Crippen molar-refractivity contribution in [2.75, 3.05) is 0 Å². The Balaban J connectivity index is 1.67. The van der Waals surface area contributed by atoms with Crippen LogP contribution in [0, 0.1) is 0 Å². The van der Waals surface area contributed by atoms with Crippen molar-refractivity contribution < 1.29 is 0 Å². The average Bonchev–Trinajstić information content (AvgIpc) is 3.35.